The molecule has 1 atom stereocenters. The van der Waals surface area contributed by atoms with Gasteiger partial charge >= 0.3 is 6.03 Å². The Morgan fingerprint density at radius 2 is 2.17 bits per heavy atom. The van der Waals surface area contributed by atoms with Gasteiger partial charge in [-0.15, -0.1) is 11.3 Å². The molecule has 0 radical (unpaired) electrons. The quantitative estimate of drug-likeness (QED) is 0.799. The van der Waals surface area contributed by atoms with Gasteiger partial charge in [-0.3, -0.25) is 0 Å². The molecule has 130 valence electrons. The molecule has 2 N–H and O–H groups in total. The van der Waals surface area contributed by atoms with E-state index in [1.807, 2.05) is 31.6 Å². The second-order valence-electron chi connectivity index (χ2n) is 5.40. The second kappa shape index (κ2) is 8.65. The normalized spacial score (nSPS) is 12.0. The fourth-order valence-electron chi connectivity index (χ4n) is 2.25. The van der Waals surface area contributed by atoms with Crippen molar-refractivity contribution in [3.8, 4) is 5.75 Å². The third kappa shape index (κ3) is 4.94. The minimum Gasteiger partial charge on any atom is -0.492 e. The summed E-state index contributed by atoms with van der Waals surface area (Å²) in [4.78, 5) is 15.4. The van der Waals surface area contributed by atoms with E-state index >= 15 is 0 Å². The Morgan fingerprint density at radius 3 is 2.79 bits per heavy atom. The van der Waals surface area contributed by atoms with Crippen molar-refractivity contribution >= 4 is 23.1 Å². The van der Waals surface area contributed by atoms with Gasteiger partial charge in [0.1, 0.15) is 11.6 Å². The van der Waals surface area contributed by atoms with Gasteiger partial charge < -0.3 is 20.3 Å². The lowest BCUT2D eigenvalue weighted by Crippen LogP contribution is -2.36. The number of thiophene rings is 1. The first-order chi connectivity index (χ1) is 11.5. The summed E-state index contributed by atoms with van der Waals surface area (Å²) >= 11 is 1.65. The standard InChI is InChI=1S/C17H22FN3O2S/c1-4-23-15-10-12(18)7-8-13(15)20-17(22)19-11-14(21(2)3)16-6-5-9-24-16/h5-10,14H,4,11H2,1-3H3,(H2,19,20,22). The molecular weight excluding hydrogens is 329 g/mol. The zero-order valence-electron chi connectivity index (χ0n) is 14.0. The lowest BCUT2D eigenvalue weighted by molar-refractivity contribution is 0.243. The Hall–Kier alpha value is -2.12. The van der Waals surface area contributed by atoms with Crippen molar-refractivity contribution in [1.29, 1.82) is 0 Å². The molecule has 1 heterocycles. The minimum absolute atomic E-state index is 0.0929. The van der Waals surface area contributed by atoms with Crippen molar-refractivity contribution in [3.63, 3.8) is 0 Å². The van der Waals surface area contributed by atoms with Crippen molar-refractivity contribution in [2.45, 2.75) is 13.0 Å². The van der Waals surface area contributed by atoms with Crippen molar-refractivity contribution in [1.82, 2.24) is 10.2 Å². The van der Waals surface area contributed by atoms with E-state index in [-0.39, 0.29) is 12.1 Å². The van der Waals surface area contributed by atoms with E-state index in [1.54, 1.807) is 18.3 Å². The van der Waals surface area contributed by atoms with E-state index in [0.717, 1.165) is 0 Å². The minimum atomic E-state index is -0.408. The Bertz CT molecular complexity index is 662. The Kier molecular flexibility index (Phi) is 6.57. The average molecular weight is 351 g/mol. The van der Waals surface area contributed by atoms with Crippen LogP contribution < -0.4 is 15.4 Å². The number of hydrogen-bond acceptors (Lipinski definition) is 4. The number of hydrogen-bond donors (Lipinski definition) is 2. The van der Waals surface area contributed by atoms with Gasteiger partial charge in [0.2, 0.25) is 0 Å². The number of likely N-dealkylation sites (N-methyl/N-ethyl adjacent to an activating group) is 1. The Morgan fingerprint density at radius 1 is 1.38 bits per heavy atom. The number of rotatable bonds is 7. The number of ether oxygens (including phenoxy) is 1. The van der Waals surface area contributed by atoms with Crippen LogP contribution in [0.3, 0.4) is 0 Å². The van der Waals surface area contributed by atoms with Crippen LogP contribution in [0.25, 0.3) is 0 Å². The number of carbonyl (C=O) groups is 1. The van der Waals surface area contributed by atoms with Crippen molar-refractivity contribution in [2.24, 2.45) is 0 Å². The van der Waals surface area contributed by atoms with Gasteiger partial charge in [-0.1, -0.05) is 6.07 Å². The van der Waals surface area contributed by atoms with Crippen LogP contribution in [0, 0.1) is 5.82 Å². The Balaban J connectivity index is 1.98. The first-order valence-corrected chi connectivity index (χ1v) is 8.56. The van der Waals surface area contributed by atoms with Gasteiger partial charge in [0.05, 0.1) is 18.3 Å². The summed E-state index contributed by atoms with van der Waals surface area (Å²) in [6, 6.07) is 7.80. The van der Waals surface area contributed by atoms with E-state index in [0.29, 0.717) is 24.6 Å². The van der Waals surface area contributed by atoms with E-state index < -0.39 is 5.82 Å². The third-order valence-electron chi connectivity index (χ3n) is 3.44. The molecule has 2 amide bonds. The van der Waals surface area contributed by atoms with E-state index in [9.17, 15) is 9.18 Å². The number of nitrogens with zero attached hydrogens (tertiary/aromatic N) is 1. The summed E-state index contributed by atoms with van der Waals surface area (Å²) in [7, 11) is 3.94. The molecule has 0 aliphatic heterocycles. The summed E-state index contributed by atoms with van der Waals surface area (Å²) in [6.45, 7) is 2.66. The molecule has 2 rings (SSSR count). The van der Waals surface area contributed by atoms with Crippen LogP contribution in [-0.4, -0.2) is 38.2 Å². The number of amides is 2. The maximum Gasteiger partial charge on any atom is 0.319 e. The van der Waals surface area contributed by atoms with Gasteiger partial charge in [0.15, 0.2) is 0 Å². The predicted molar refractivity (Wildman–Crippen MR) is 95.3 cm³/mol. The molecule has 0 fully saturated rings. The smallest absolute Gasteiger partial charge is 0.319 e. The number of halogens is 1. The van der Waals surface area contributed by atoms with Crippen molar-refractivity contribution in [2.75, 3.05) is 32.6 Å². The van der Waals surface area contributed by atoms with Crippen LogP contribution >= 0.6 is 11.3 Å². The summed E-state index contributed by atoms with van der Waals surface area (Å²) in [5.41, 5.74) is 0.438. The third-order valence-corrected chi connectivity index (χ3v) is 4.42. The van der Waals surface area contributed by atoms with Crippen molar-refractivity contribution in [3.05, 3.63) is 46.4 Å². The second-order valence-corrected chi connectivity index (χ2v) is 6.38. The number of nitrogens with one attached hydrogen (secondary N) is 2. The monoisotopic (exact) mass is 351 g/mol. The molecule has 1 aromatic heterocycles. The molecule has 0 bridgehead atoms. The van der Waals surface area contributed by atoms with Gasteiger partial charge in [-0.2, -0.15) is 0 Å². The van der Waals surface area contributed by atoms with E-state index in [1.165, 1.54) is 23.1 Å². The van der Waals surface area contributed by atoms with E-state index in [4.69, 9.17) is 4.74 Å². The molecule has 7 heteroatoms. The maximum absolute atomic E-state index is 13.3. The number of carbonyl (C=O) groups excluding carboxylic acids is 1. The molecule has 0 aliphatic rings. The lowest BCUT2D eigenvalue weighted by Gasteiger charge is -2.23. The van der Waals surface area contributed by atoms with Crippen LogP contribution in [0.5, 0.6) is 5.75 Å². The molecule has 0 aliphatic carbocycles. The highest BCUT2D eigenvalue weighted by Gasteiger charge is 2.16. The molecule has 24 heavy (non-hydrogen) atoms. The van der Waals surface area contributed by atoms with Crippen LogP contribution in [0.4, 0.5) is 14.9 Å². The topological polar surface area (TPSA) is 53.6 Å². The van der Waals surface area contributed by atoms with Crippen LogP contribution in [-0.2, 0) is 0 Å². The zero-order chi connectivity index (χ0) is 17.5. The average Bonchev–Trinajstić information content (AvgIpc) is 3.04. The molecule has 5 nitrogen and oxygen atoms in total. The molecule has 0 saturated carbocycles. The van der Waals surface area contributed by atoms with Gasteiger partial charge in [-0.05, 0) is 44.6 Å². The van der Waals surface area contributed by atoms with Crippen LogP contribution in [0.2, 0.25) is 0 Å². The summed E-state index contributed by atoms with van der Waals surface area (Å²) < 4.78 is 18.6. The molecule has 0 spiro atoms. The van der Waals surface area contributed by atoms with Crippen LogP contribution in [0.15, 0.2) is 35.7 Å². The molecule has 1 aromatic carbocycles. The molecule has 0 saturated heterocycles. The lowest BCUT2D eigenvalue weighted by atomic mass is 10.2. The first kappa shape index (κ1) is 18.2. The number of benzene rings is 1. The molecule has 2 aromatic rings. The van der Waals surface area contributed by atoms with E-state index in [2.05, 4.69) is 15.5 Å². The summed E-state index contributed by atoms with van der Waals surface area (Å²) in [6.07, 6.45) is 0. The largest absolute Gasteiger partial charge is 0.492 e. The Labute approximate surface area is 145 Å². The summed E-state index contributed by atoms with van der Waals surface area (Å²) in [5, 5.41) is 7.57. The molecular formula is C17H22FN3O2S. The summed E-state index contributed by atoms with van der Waals surface area (Å²) in [5.74, 6) is -0.0927. The highest BCUT2D eigenvalue weighted by atomic mass is 32.1. The SMILES string of the molecule is CCOc1cc(F)ccc1NC(=O)NCC(c1cccs1)N(C)C. The highest BCUT2D eigenvalue weighted by molar-refractivity contribution is 7.10. The number of urea groups is 1. The maximum atomic E-state index is 13.3. The highest BCUT2D eigenvalue weighted by Crippen LogP contribution is 2.26. The molecule has 1 unspecified atom stereocenters. The fourth-order valence-corrected chi connectivity index (χ4v) is 3.17. The fraction of sp³-hybridized carbons (Fsp3) is 0.353. The zero-order valence-corrected chi connectivity index (χ0v) is 14.8. The first-order valence-electron chi connectivity index (χ1n) is 7.68. The number of anilines is 1. The van der Waals surface area contributed by atoms with Gasteiger partial charge in [-0.25, -0.2) is 9.18 Å². The van der Waals surface area contributed by atoms with Crippen molar-refractivity contribution < 1.29 is 13.9 Å². The van der Waals surface area contributed by atoms with Gasteiger partial charge in [0.25, 0.3) is 0 Å². The predicted octanol–water partition coefficient (Wildman–Crippen LogP) is 3.71. The van der Waals surface area contributed by atoms with Gasteiger partial charge in [0, 0.05) is 17.5 Å². The van der Waals surface area contributed by atoms with Crippen LogP contribution in [0.1, 0.15) is 17.8 Å².